The van der Waals surface area contributed by atoms with Gasteiger partial charge in [0.2, 0.25) is 0 Å². The number of primary amides is 1. The van der Waals surface area contributed by atoms with Gasteiger partial charge >= 0.3 is 6.09 Å². The summed E-state index contributed by atoms with van der Waals surface area (Å²) in [7, 11) is 1.74. The molecule has 0 radical (unpaired) electrons. The lowest BCUT2D eigenvalue weighted by molar-refractivity contribution is 0.211. The number of benzene rings is 1. The molecule has 0 bridgehead atoms. The number of thiocarbonyl (C=S) groups is 1. The normalized spacial score (nSPS) is 9.31. The minimum Gasteiger partial charge on any atom is -0.410 e. The van der Waals surface area contributed by atoms with E-state index in [0.717, 1.165) is 5.56 Å². The quantitative estimate of drug-likeness (QED) is 0.678. The van der Waals surface area contributed by atoms with Gasteiger partial charge in [0.1, 0.15) is 5.75 Å². The summed E-state index contributed by atoms with van der Waals surface area (Å²) in [5, 5.41) is 6.33. The van der Waals surface area contributed by atoms with Gasteiger partial charge in [-0.15, -0.1) is 0 Å². The second-order valence-electron chi connectivity index (χ2n) is 3.00. The first-order valence-corrected chi connectivity index (χ1v) is 5.04. The topological polar surface area (TPSA) is 76.4 Å². The van der Waals surface area contributed by atoms with Crippen molar-refractivity contribution in [3.63, 3.8) is 0 Å². The van der Waals surface area contributed by atoms with Gasteiger partial charge in [-0.25, -0.2) is 4.79 Å². The van der Waals surface area contributed by atoms with Crippen molar-refractivity contribution in [2.45, 2.75) is 6.54 Å². The van der Waals surface area contributed by atoms with Gasteiger partial charge in [-0.05, 0) is 29.9 Å². The molecule has 1 aromatic carbocycles. The Morgan fingerprint density at radius 2 is 2.31 bits per heavy atom. The smallest absolute Gasteiger partial charge is 0.409 e. The van der Waals surface area contributed by atoms with Crippen molar-refractivity contribution < 1.29 is 9.53 Å². The van der Waals surface area contributed by atoms with Gasteiger partial charge in [0.05, 0.1) is 0 Å². The zero-order chi connectivity index (χ0) is 12.0. The van der Waals surface area contributed by atoms with Gasteiger partial charge in [-0.1, -0.05) is 12.1 Å². The maximum Gasteiger partial charge on any atom is 0.409 e. The van der Waals surface area contributed by atoms with Crippen LogP contribution in [0.15, 0.2) is 24.3 Å². The number of nitrogens with one attached hydrogen (secondary N) is 2. The average molecular weight is 239 g/mol. The molecule has 0 heterocycles. The third-order valence-corrected chi connectivity index (χ3v) is 2.15. The molecule has 0 aromatic heterocycles. The van der Waals surface area contributed by atoms with Gasteiger partial charge in [-0.3, -0.25) is 0 Å². The van der Waals surface area contributed by atoms with Crippen molar-refractivity contribution in [1.29, 1.82) is 0 Å². The van der Waals surface area contributed by atoms with Crippen LogP contribution in [-0.2, 0) is 6.54 Å². The Kier molecular flexibility index (Phi) is 4.53. The third kappa shape index (κ3) is 4.14. The highest BCUT2D eigenvalue weighted by Crippen LogP contribution is 2.12. The highest BCUT2D eigenvalue weighted by Gasteiger charge is 2.00. The number of hydrogen-bond donors (Lipinski definition) is 3. The Morgan fingerprint density at radius 3 is 2.94 bits per heavy atom. The van der Waals surface area contributed by atoms with Crippen LogP contribution in [-0.4, -0.2) is 18.3 Å². The van der Waals surface area contributed by atoms with Crippen molar-refractivity contribution in [2.75, 3.05) is 7.05 Å². The van der Waals surface area contributed by atoms with E-state index in [9.17, 15) is 4.79 Å². The zero-order valence-corrected chi connectivity index (χ0v) is 9.64. The van der Waals surface area contributed by atoms with Crippen LogP contribution in [0.2, 0.25) is 0 Å². The maximum atomic E-state index is 10.5. The number of carbonyl (C=O) groups excluding carboxylic acids is 1. The second kappa shape index (κ2) is 5.92. The molecule has 6 heteroatoms. The van der Waals surface area contributed by atoms with E-state index in [1.807, 2.05) is 6.07 Å². The molecule has 0 aliphatic heterocycles. The predicted molar refractivity (Wildman–Crippen MR) is 65.2 cm³/mol. The first-order chi connectivity index (χ1) is 7.61. The van der Waals surface area contributed by atoms with Crippen molar-refractivity contribution in [3.8, 4) is 5.75 Å². The molecule has 0 spiro atoms. The Morgan fingerprint density at radius 1 is 1.56 bits per heavy atom. The van der Waals surface area contributed by atoms with Crippen molar-refractivity contribution in [3.05, 3.63) is 29.8 Å². The largest absolute Gasteiger partial charge is 0.410 e. The highest BCUT2D eigenvalue weighted by atomic mass is 32.1. The van der Waals surface area contributed by atoms with E-state index in [-0.39, 0.29) is 0 Å². The first kappa shape index (κ1) is 12.3. The standard InChI is InChI=1S/C10H13N3O2S/c1-12-10(16)13-6-7-3-2-4-8(5-7)15-9(11)14/h2-5H,6H2,1H3,(H2,11,14)(H2,12,13,16). The molecule has 0 fully saturated rings. The van der Waals surface area contributed by atoms with Gasteiger partial charge in [-0.2, -0.15) is 0 Å². The molecule has 5 nitrogen and oxygen atoms in total. The second-order valence-corrected chi connectivity index (χ2v) is 3.41. The minimum absolute atomic E-state index is 0.419. The monoisotopic (exact) mass is 239 g/mol. The summed E-state index contributed by atoms with van der Waals surface area (Å²) in [5.74, 6) is 0.419. The summed E-state index contributed by atoms with van der Waals surface area (Å²) in [6, 6.07) is 7.04. The average Bonchev–Trinajstić information content (AvgIpc) is 2.25. The Balaban J connectivity index is 2.60. The number of hydrogen-bond acceptors (Lipinski definition) is 3. The molecule has 0 saturated carbocycles. The van der Waals surface area contributed by atoms with Crippen LogP contribution in [0, 0.1) is 0 Å². The van der Waals surface area contributed by atoms with Crippen LogP contribution in [0.5, 0.6) is 5.75 Å². The van der Waals surface area contributed by atoms with Gasteiger partial charge < -0.3 is 21.1 Å². The van der Waals surface area contributed by atoms with Gasteiger partial charge in [0.15, 0.2) is 5.11 Å². The van der Waals surface area contributed by atoms with Crippen LogP contribution >= 0.6 is 12.2 Å². The summed E-state index contributed by atoms with van der Waals surface area (Å²) in [4.78, 5) is 10.5. The van der Waals surface area contributed by atoms with E-state index in [4.69, 9.17) is 22.7 Å². The fourth-order valence-corrected chi connectivity index (χ4v) is 1.18. The number of amides is 1. The lowest BCUT2D eigenvalue weighted by atomic mass is 10.2. The van der Waals surface area contributed by atoms with Crippen LogP contribution in [0.3, 0.4) is 0 Å². The Hall–Kier alpha value is -1.82. The van der Waals surface area contributed by atoms with Crippen LogP contribution in [0.25, 0.3) is 0 Å². The number of ether oxygens (including phenoxy) is 1. The molecule has 0 aliphatic rings. The molecule has 0 atom stereocenters. The molecule has 1 amide bonds. The van der Waals surface area contributed by atoms with E-state index in [2.05, 4.69) is 10.6 Å². The fourth-order valence-electron chi connectivity index (χ4n) is 1.11. The summed E-state index contributed by atoms with van der Waals surface area (Å²) in [6.07, 6.45) is -0.823. The molecule has 0 aliphatic carbocycles. The molecule has 86 valence electrons. The molecule has 4 N–H and O–H groups in total. The van der Waals surface area contributed by atoms with E-state index >= 15 is 0 Å². The molecular weight excluding hydrogens is 226 g/mol. The Bertz CT molecular complexity index is 395. The number of nitrogens with two attached hydrogens (primary N) is 1. The van der Waals surface area contributed by atoms with E-state index < -0.39 is 6.09 Å². The minimum atomic E-state index is -0.823. The number of carbonyl (C=O) groups is 1. The highest BCUT2D eigenvalue weighted by molar-refractivity contribution is 7.80. The lowest BCUT2D eigenvalue weighted by Gasteiger charge is -2.08. The van der Waals surface area contributed by atoms with Gasteiger partial charge in [0, 0.05) is 13.6 Å². The predicted octanol–water partition coefficient (Wildman–Crippen LogP) is 0.738. The SMILES string of the molecule is CNC(=S)NCc1cccc(OC(N)=O)c1. The van der Waals surface area contributed by atoms with Crippen molar-refractivity contribution in [1.82, 2.24) is 10.6 Å². The summed E-state index contributed by atoms with van der Waals surface area (Å²) in [6.45, 7) is 0.551. The summed E-state index contributed by atoms with van der Waals surface area (Å²) in [5.41, 5.74) is 5.85. The molecule has 1 aromatic rings. The molecule has 0 unspecified atom stereocenters. The molecule has 1 rings (SSSR count). The van der Waals surface area contributed by atoms with Crippen LogP contribution in [0.4, 0.5) is 4.79 Å². The summed E-state index contributed by atoms with van der Waals surface area (Å²) >= 11 is 4.93. The maximum absolute atomic E-state index is 10.5. The molecule has 0 saturated heterocycles. The fraction of sp³-hybridized carbons (Fsp3) is 0.200. The third-order valence-electron chi connectivity index (χ3n) is 1.80. The summed E-state index contributed by atoms with van der Waals surface area (Å²) < 4.78 is 4.75. The Labute approximate surface area is 99.0 Å². The molecular formula is C10H13N3O2S. The van der Waals surface area contributed by atoms with Crippen LogP contribution in [0.1, 0.15) is 5.56 Å². The molecule has 16 heavy (non-hydrogen) atoms. The lowest BCUT2D eigenvalue weighted by Crippen LogP contribution is -2.31. The van der Waals surface area contributed by atoms with Crippen molar-refractivity contribution in [2.24, 2.45) is 5.73 Å². The van der Waals surface area contributed by atoms with Gasteiger partial charge in [0.25, 0.3) is 0 Å². The van der Waals surface area contributed by atoms with E-state index in [0.29, 0.717) is 17.4 Å². The zero-order valence-electron chi connectivity index (χ0n) is 8.82. The van der Waals surface area contributed by atoms with E-state index in [1.165, 1.54) is 0 Å². The first-order valence-electron chi connectivity index (χ1n) is 4.63. The number of rotatable bonds is 3. The van der Waals surface area contributed by atoms with Crippen LogP contribution < -0.4 is 21.1 Å². The van der Waals surface area contributed by atoms with E-state index in [1.54, 1.807) is 25.2 Å². The van der Waals surface area contributed by atoms with Crippen molar-refractivity contribution >= 4 is 23.4 Å².